The monoisotopic (exact) mass is 485 g/mol. The number of aromatic nitrogens is 2. The van der Waals surface area contributed by atoms with Crippen molar-refractivity contribution in [3.05, 3.63) is 48.5 Å². The van der Waals surface area contributed by atoms with E-state index < -0.39 is 0 Å². The number of nitrogens with zero attached hydrogens (tertiary/aromatic N) is 3. The SMILES string of the molecule is CCNC(=NCCCn1ccnc1)NCCC(C)c1ccc(OC)cc1.I. The molecule has 1 atom stereocenters. The first-order valence-electron chi connectivity index (χ1n) is 9.34. The number of nitrogens with one attached hydrogen (secondary N) is 2. The summed E-state index contributed by atoms with van der Waals surface area (Å²) in [5.74, 6) is 2.27. The highest BCUT2D eigenvalue weighted by atomic mass is 127. The summed E-state index contributed by atoms with van der Waals surface area (Å²) in [6.45, 7) is 7.82. The Bertz CT molecular complexity index is 643. The predicted molar refractivity (Wildman–Crippen MR) is 122 cm³/mol. The maximum atomic E-state index is 5.22. The van der Waals surface area contributed by atoms with Gasteiger partial charge in [0.15, 0.2) is 5.96 Å². The lowest BCUT2D eigenvalue weighted by Gasteiger charge is -2.15. The summed E-state index contributed by atoms with van der Waals surface area (Å²) >= 11 is 0. The zero-order valence-electron chi connectivity index (χ0n) is 16.5. The van der Waals surface area contributed by atoms with Gasteiger partial charge in [0, 0.05) is 38.6 Å². The van der Waals surface area contributed by atoms with Crippen molar-refractivity contribution >= 4 is 29.9 Å². The number of imidazole rings is 1. The first kappa shape index (κ1) is 23.3. The van der Waals surface area contributed by atoms with Crippen molar-refractivity contribution in [2.24, 2.45) is 4.99 Å². The second-order valence-corrected chi connectivity index (χ2v) is 6.30. The summed E-state index contributed by atoms with van der Waals surface area (Å²) < 4.78 is 7.29. The van der Waals surface area contributed by atoms with Crippen LogP contribution in [0.25, 0.3) is 0 Å². The largest absolute Gasteiger partial charge is 0.497 e. The van der Waals surface area contributed by atoms with Gasteiger partial charge in [-0.2, -0.15) is 0 Å². The molecule has 0 bridgehead atoms. The molecule has 0 aliphatic carbocycles. The summed E-state index contributed by atoms with van der Waals surface area (Å²) in [6.07, 6.45) is 7.67. The van der Waals surface area contributed by atoms with Gasteiger partial charge in [-0.15, -0.1) is 24.0 Å². The van der Waals surface area contributed by atoms with Crippen LogP contribution in [-0.2, 0) is 6.54 Å². The van der Waals surface area contributed by atoms with Gasteiger partial charge in [-0.25, -0.2) is 4.98 Å². The van der Waals surface area contributed by atoms with Gasteiger partial charge in [0.25, 0.3) is 0 Å². The van der Waals surface area contributed by atoms with Crippen molar-refractivity contribution in [2.75, 3.05) is 26.7 Å². The molecule has 150 valence electrons. The highest BCUT2D eigenvalue weighted by molar-refractivity contribution is 14.0. The Kier molecular flexibility index (Phi) is 11.6. The average Bonchev–Trinajstić information content (AvgIpc) is 3.18. The summed E-state index contributed by atoms with van der Waals surface area (Å²) in [4.78, 5) is 8.70. The van der Waals surface area contributed by atoms with E-state index in [0.717, 1.165) is 50.7 Å². The number of benzene rings is 1. The molecule has 2 aromatic rings. The summed E-state index contributed by atoms with van der Waals surface area (Å²) in [5.41, 5.74) is 1.33. The highest BCUT2D eigenvalue weighted by Gasteiger charge is 2.06. The van der Waals surface area contributed by atoms with E-state index in [9.17, 15) is 0 Å². The number of methoxy groups -OCH3 is 1. The van der Waals surface area contributed by atoms with Crippen LogP contribution in [-0.4, -0.2) is 42.3 Å². The van der Waals surface area contributed by atoms with Crippen LogP contribution in [0.15, 0.2) is 48.0 Å². The average molecular weight is 485 g/mol. The molecular formula is C20H32IN5O. The lowest BCUT2D eigenvalue weighted by molar-refractivity contribution is 0.414. The molecule has 1 unspecified atom stereocenters. The molecule has 0 saturated heterocycles. The molecule has 0 spiro atoms. The van der Waals surface area contributed by atoms with Gasteiger partial charge < -0.3 is 19.9 Å². The van der Waals surface area contributed by atoms with E-state index in [1.54, 1.807) is 13.3 Å². The second-order valence-electron chi connectivity index (χ2n) is 6.30. The summed E-state index contributed by atoms with van der Waals surface area (Å²) in [7, 11) is 1.69. The Labute approximate surface area is 179 Å². The molecule has 2 rings (SSSR count). The molecular weight excluding hydrogens is 453 g/mol. The Hall–Kier alpha value is -1.77. The number of hydrogen-bond acceptors (Lipinski definition) is 3. The van der Waals surface area contributed by atoms with Crippen LogP contribution in [0.2, 0.25) is 0 Å². The van der Waals surface area contributed by atoms with E-state index in [4.69, 9.17) is 4.74 Å². The Morgan fingerprint density at radius 2 is 2.04 bits per heavy atom. The summed E-state index contributed by atoms with van der Waals surface area (Å²) in [5, 5.41) is 6.74. The number of aryl methyl sites for hydroxylation is 1. The van der Waals surface area contributed by atoms with Crippen LogP contribution in [0.1, 0.15) is 38.2 Å². The first-order chi connectivity index (χ1) is 12.7. The van der Waals surface area contributed by atoms with Gasteiger partial charge in [-0.05, 0) is 43.4 Å². The third kappa shape index (κ3) is 8.64. The van der Waals surface area contributed by atoms with Crippen molar-refractivity contribution < 1.29 is 4.74 Å². The summed E-state index contributed by atoms with van der Waals surface area (Å²) in [6, 6.07) is 8.31. The number of hydrogen-bond donors (Lipinski definition) is 2. The van der Waals surface area contributed by atoms with E-state index in [2.05, 4.69) is 51.2 Å². The van der Waals surface area contributed by atoms with Gasteiger partial charge >= 0.3 is 0 Å². The zero-order chi connectivity index (χ0) is 18.6. The minimum absolute atomic E-state index is 0. The topological polar surface area (TPSA) is 63.5 Å². The Balaban J connectivity index is 0.00000364. The Morgan fingerprint density at radius 3 is 2.67 bits per heavy atom. The normalized spacial score (nSPS) is 12.2. The maximum absolute atomic E-state index is 5.22. The molecule has 1 heterocycles. The first-order valence-corrected chi connectivity index (χ1v) is 9.34. The van der Waals surface area contributed by atoms with E-state index in [-0.39, 0.29) is 24.0 Å². The van der Waals surface area contributed by atoms with Crippen LogP contribution in [0.3, 0.4) is 0 Å². The lowest BCUT2D eigenvalue weighted by atomic mass is 9.98. The predicted octanol–water partition coefficient (Wildman–Crippen LogP) is 3.65. The van der Waals surface area contributed by atoms with Gasteiger partial charge in [0.05, 0.1) is 13.4 Å². The number of rotatable bonds is 10. The fraction of sp³-hybridized carbons (Fsp3) is 0.500. The molecule has 1 aromatic heterocycles. The molecule has 0 aliphatic rings. The molecule has 6 nitrogen and oxygen atoms in total. The third-order valence-electron chi connectivity index (χ3n) is 4.30. The minimum Gasteiger partial charge on any atom is -0.497 e. The van der Waals surface area contributed by atoms with Gasteiger partial charge in [-0.3, -0.25) is 4.99 Å². The molecule has 27 heavy (non-hydrogen) atoms. The third-order valence-corrected chi connectivity index (χ3v) is 4.30. The van der Waals surface area contributed by atoms with Crippen LogP contribution in [0, 0.1) is 0 Å². The molecule has 0 radical (unpaired) electrons. The molecule has 2 N–H and O–H groups in total. The number of guanidine groups is 1. The standard InChI is InChI=1S/C20H31N5O.HI/c1-4-22-20(23-11-5-14-25-15-13-21-16-25)24-12-10-17(2)18-6-8-19(26-3)9-7-18;/h6-9,13,15-17H,4-5,10-12,14H2,1-3H3,(H2,22,23,24);1H. The van der Waals surface area contributed by atoms with Crippen molar-refractivity contribution in [1.82, 2.24) is 20.2 Å². The van der Waals surface area contributed by atoms with Crippen molar-refractivity contribution in [3.8, 4) is 5.75 Å². The quantitative estimate of drug-likeness (QED) is 0.234. The van der Waals surface area contributed by atoms with Gasteiger partial charge in [0.1, 0.15) is 5.75 Å². The fourth-order valence-corrected chi connectivity index (χ4v) is 2.71. The van der Waals surface area contributed by atoms with Crippen molar-refractivity contribution in [1.29, 1.82) is 0 Å². The molecule has 0 fully saturated rings. The van der Waals surface area contributed by atoms with E-state index in [1.807, 2.05) is 24.7 Å². The molecule has 1 aromatic carbocycles. The van der Waals surface area contributed by atoms with Crippen molar-refractivity contribution in [3.63, 3.8) is 0 Å². The fourth-order valence-electron chi connectivity index (χ4n) is 2.71. The second kappa shape index (κ2) is 13.4. The minimum atomic E-state index is 0. The van der Waals surface area contributed by atoms with Crippen LogP contribution in [0.5, 0.6) is 5.75 Å². The number of ether oxygens (including phenoxy) is 1. The van der Waals surface area contributed by atoms with E-state index in [0.29, 0.717) is 5.92 Å². The Morgan fingerprint density at radius 1 is 1.26 bits per heavy atom. The highest BCUT2D eigenvalue weighted by Crippen LogP contribution is 2.21. The van der Waals surface area contributed by atoms with Crippen LogP contribution < -0.4 is 15.4 Å². The van der Waals surface area contributed by atoms with Crippen LogP contribution >= 0.6 is 24.0 Å². The molecule has 0 aliphatic heterocycles. The van der Waals surface area contributed by atoms with E-state index in [1.165, 1.54) is 5.56 Å². The zero-order valence-corrected chi connectivity index (χ0v) is 18.8. The smallest absolute Gasteiger partial charge is 0.191 e. The molecule has 0 amide bonds. The van der Waals surface area contributed by atoms with Crippen LogP contribution in [0.4, 0.5) is 0 Å². The lowest BCUT2D eigenvalue weighted by Crippen LogP contribution is -2.38. The molecule has 7 heteroatoms. The van der Waals surface area contributed by atoms with E-state index >= 15 is 0 Å². The van der Waals surface area contributed by atoms with Gasteiger partial charge in [0.2, 0.25) is 0 Å². The van der Waals surface area contributed by atoms with Gasteiger partial charge in [-0.1, -0.05) is 19.1 Å². The number of aliphatic imine (C=N–C) groups is 1. The molecule has 0 saturated carbocycles. The maximum Gasteiger partial charge on any atom is 0.191 e. The number of halogens is 1. The van der Waals surface area contributed by atoms with Crippen molar-refractivity contribution in [2.45, 2.75) is 39.2 Å².